The van der Waals surface area contributed by atoms with Crippen molar-refractivity contribution in [2.45, 2.75) is 36.6 Å². The Labute approximate surface area is 158 Å². The van der Waals surface area contributed by atoms with Gasteiger partial charge < -0.3 is 10.6 Å². The number of anilines is 2. The first-order valence-corrected chi connectivity index (χ1v) is 10.1. The van der Waals surface area contributed by atoms with Crippen LogP contribution in [-0.2, 0) is 0 Å². The molecular formula is C19H22Cl2N2S. The highest BCUT2D eigenvalue weighted by atomic mass is 35.5. The minimum Gasteiger partial charge on any atom is -0.384 e. The summed E-state index contributed by atoms with van der Waals surface area (Å²) in [4.78, 5) is 1.32. The maximum Gasteiger partial charge on any atom is 0.0612 e. The molecule has 5 heteroatoms. The molecule has 2 N–H and O–H groups in total. The van der Waals surface area contributed by atoms with Gasteiger partial charge in [0, 0.05) is 34.6 Å². The largest absolute Gasteiger partial charge is 0.384 e. The zero-order chi connectivity index (χ0) is 16.8. The van der Waals surface area contributed by atoms with Crippen molar-refractivity contribution < 1.29 is 0 Å². The minimum absolute atomic E-state index is 0.415. The van der Waals surface area contributed by atoms with Crippen molar-refractivity contribution in [1.82, 2.24) is 0 Å². The summed E-state index contributed by atoms with van der Waals surface area (Å²) in [6.45, 7) is 1.04. The number of rotatable bonds is 2. The Balaban J connectivity index is 1.71. The van der Waals surface area contributed by atoms with Crippen molar-refractivity contribution in [3.05, 3.63) is 52.5 Å². The second kappa shape index (κ2) is 8.89. The Morgan fingerprint density at radius 3 is 2.75 bits per heavy atom. The summed E-state index contributed by atoms with van der Waals surface area (Å²) < 4.78 is 0. The van der Waals surface area contributed by atoms with E-state index in [1.54, 1.807) is 0 Å². The molecule has 0 fully saturated rings. The van der Waals surface area contributed by atoms with Crippen LogP contribution in [-0.4, -0.2) is 18.3 Å². The number of fused-ring (bicyclic) bond motifs is 1. The molecule has 1 aliphatic rings. The average Bonchev–Trinajstić information content (AvgIpc) is 2.63. The van der Waals surface area contributed by atoms with Crippen molar-refractivity contribution in [2.75, 3.05) is 22.9 Å². The molecule has 0 aliphatic carbocycles. The van der Waals surface area contributed by atoms with Crippen LogP contribution in [0.1, 0.15) is 25.7 Å². The molecule has 0 bridgehead atoms. The standard InChI is InChI=1S/C19H22Cl2N2S/c20-16-10-9-14(12-17(16)21)23-15-6-2-1-5-11-22-18-7-3-4-8-19(18)24-13-15/h3-4,7-10,12,15,22-23H,1-2,5-6,11,13H2/t15-/m0/s1. The molecule has 0 radical (unpaired) electrons. The van der Waals surface area contributed by atoms with E-state index >= 15 is 0 Å². The molecule has 2 aromatic rings. The third-order valence-corrected chi connectivity index (χ3v) is 6.14. The third kappa shape index (κ3) is 4.98. The second-order valence-electron chi connectivity index (χ2n) is 6.05. The van der Waals surface area contributed by atoms with Gasteiger partial charge in [-0.1, -0.05) is 48.2 Å². The molecule has 0 spiro atoms. The van der Waals surface area contributed by atoms with E-state index in [0.29, 0.717) is 16.1 Å². The molecule has 0 saturated carbocycles. The number of hydrogen-bond acceptors (Lipinski definition) is 3. The molecule has 0 aromatic heterocycles. The molecule has 1 heterocycles. The maximum absolute atomic E-state index is 6.14. The van der Waals surface area contributed by atoms with Crippen LogP contribution in [0.3, 0.4) is 0 Å². The molecule has 0 saturated heterocycles. The summed E-state index contributed by atoms with van der Waals surface area (Å²) in [5.74, 6) is 1.03. The maximum atomic E-state index is 6.14. The van der Waals surface area contributed by atoms with E-state index in [4.69, 9.17) is 23.2 Å². The number of para-hydroxylation sites is 1. The second-order valence-corrected chi connectivity index (χ2v) is 7.93. The predicted molar refractivity (Wildman–Crippen MR) is 108 cm³/mol. The molecule has 1 aliphatic heterocycles. The van der Waals surface area contributed by atoms with Gasteiger partial charge in [-0.25, -0.2) is 0 Å². The summed E-state index contributed by atoms with van der Waals surface area (Å²) in [6.07, 6.45) is 4.85. The van der Waals surface area contributed by atoms with Gasteiger partial charge in [-0.2, -0.15) is 0 Å². The van der Waals surface area contributed by atoms with E-state index in [1.807, 2.05) is 30.0 Å². The summed E-state index contributed by atoms with van der Waals surface area (Å²) in [5, 5.41) is 8.39. The fraction of sp³-hybridized carbons (Fsp3) is 0.368. The molecule has 0 unspecified atom stereocenters. The van der Waals surface area contributed by atoms with Crippen LogP contribution in [0, 0.1) is 0 Å². The molecule has 1 atom stereocenters. The van der Waals surface area contributed by atoms with Crippen molar-refractivity contribution >= 4 is 46.3 Å². The minimum atomic E-state index is 0.415. The van der Waals surface area contributed by atoms with E-state index in [0.717, 1.165) is 24.4 Å². The zero-order valence-electron chi connectivity index (χ0n) is 13.5. The molecule has 2 nitrogen and oxygen atoms in total. The normalized spacial score (nSPS) is 18.8. The first-order valence-electron chi connectivity index (χ1n) is 8.39. The van der Waals surface area contributed by atoms with Crippen LogP contribution in [0.4, 0.5) is 11.4 Å². The van der Waals surface area contributed by atoms with Gasteiger partial charge in [0.25, 0.3) is 0 Å². The summed E-state index contributed by atoms with van der Waals surface area (Å²) >= 11 is 14.1. The molecule has 128 valence electrons. The van der Waals surface area contributed by atoms with Crippen LogP contribution < -0.4 is 10.6 Å². The fourth-order valence-electron chi connectivity index (χ4n) is 2.86. The number of hydrogen-bond donors (Lipinski definition) is 2. The lowest BCUT2D eigenvalue weighted by atomic mass is 10.1. The van der Waals surface area contributed by atoms with Crippen molar-refractivity contribution in [3.63, 3.8) is 0 Å². The zero-order valence-corrected chi connectivity index (χ0v) is 15.9. The summed E-state index contributed by atoms with van der Waals surface area (Å²) in [5.41, 5.74) is 2.29. The monoisotopic (exact) mass is 380 g/mol. The highest BCUT2D eigenvalue weighted by Crippen LogP contribution is 2.31. The fourth-order valence-corrected chi connectivity index (χ4v) is 4.26. The van der Waals surface area contributed by atoms with E-state index in [2.05, 4.69) is 34.9 Å². The molecule has 2 aromatic carbocycles. The first-order chi connectivity index (χ1) is 11.7. The molecular weight excluding hydrogens is 359 g/mol. The van der Waals surface area contributed by atoms with Crippen molar-refractivity contribution in [2.24, 2.45) is 0 Å². The summed E-state index contributed by atoms with van der Waals surface area (Å²) in [7, 11) is 0. The van der Waals surface area contributed by atoms with Gasteiger partial charge in [-0.05, 0) is 43.2 Å². The number of nitrogens with one attached hydrogen (secondary N) is 2. The molecule has 0 amide bonds. The predicted octanol–water partition coefficient (Wildman–Crippen LogP) is 6.55. The number of benzene rings is 2. The van der Waals surface area contributed by atoms with Gasteiger partial charge in [0.2, 0.25) is 0 Å². The lowest BCUT2D eigenvalue weighted by Gasteiger charge is -2.20. The quantitative estimate of drug-likeness (QED) is 0.617. The lowest BCUT2D eigenvalue weighted by molar-refractivity contribution is 0.613. The van der Waals surface area contributed by atoms with Crippen LogP contribution >= 0.6 is 35.0 Å². The van der Waals surface area contributed by atoms with Crippen molar-refractivity contribution in [1.29, 1.82) is 0 Å². The van der Waals surface area contributed by atoms with Crippen LogP contribution in [0.2, 0.25) is 10.0 Å². The lowest BCUT2D eigenvalue weighted by Crippen LogP contribution is -2.22. The average molecular weight is 381 g/mol. The van der Waals surface area contributed by atoms with E-state index in [-0.39, 0.29) is 0 Å². The summed E-state index contributed by atoms with van der Waals surface area (Å²) in [6, 6.07) is 14.7. The SMILES string of the molecule is Clc1ccc(N[C@H]2CCCCCNc3ccccc3SC2)cc1Cl. The Morgan fingerprint density at radius 1 is 1.00 bits per heavy atom. The Hall–Kier alpha value is -1.03. The van der Waals surface area contributed by atoms with Gasteiger partial charge in [0.1, 0.15) is 0 Å². The van der Waals surface area contributed by atoms with Crippen LogP contribution in [0.5, 0.6) is 0 Å². The van der Waals surface area contributed by atoms with E-state index in [1.165, 1.54) is 29.8 Å². The van der Waals surface area contributed by atoms with E-state index in [9.17, 15) is 0 Å². The van der Waals surface area contributed by atoms with Gasteiger partial charge in [-0.15, -0.1) is 11.8 Å². The number of thioether (sulfide) groups is 1. The van der Waals surface area contributed by atoms with Gasteiger partial charge in [0.05, 0.1) is 10.0 Å². The highest BCUT2D eigenvalue weighted by Gasteiger charge is 2.13. The van der Waals surface area contributed by atoms with Gasteiger partial charge >= 0.3 is 0 Å². The van der Waals surface area contributed by atoms with Crippen molar-refractivity contribution in [3.8, 4) is 0 Å². The Kier molecular flexibility index (Phi) is 6.59. The van der Waals surface area contributed by atoms with Gasteiger partial charge in [0.15, 0.2) is 0 Å². The van der Waals surface area contributed by atoms with E-state index < -0.39 is 0 Å². The first kappa shape index (κ1) is 17.8. The van der Waals surface area contributed by atoms with Crippen LogP contribution in [0.25, 0.3) is 0 Å². The topological polar surface area (TPSA) is 24.1 Å². The molecule has 3 rings (SSSR count). The van der Waals surface area contributed by atoms with Crippen LogP contribution in [0.15, 0.2) is 47.4 Å². The number of halogens is 2. The smallest absolute Gasteiger partial charge is 0.0612 e. The Morgan fingerprint density at radius 2 is 1.88 bits per heavy atom. The third-order valence-electron chi connectivity index (χ3n) is 4.16. The van der Waals surface area contributed by atoms with Gasteiger partial charge in [-0.3, -0.25) is 0 Å². The molecule has 24 heavy (non-hydrogen) atoms. The Bertz CT molecular complexity index is 678. The highest BCUT2D eigenvalue weighted by molar-refractivity contribution is 7.99.